The van der Waals surface area contributed by atoms with Crippen LogP contribution in [-0.2, 0) is 13.0 Å². The Morgan fingerprint density at radius 1 is 1.03 bits per heavy atom. The van der Waals surface area contributed by atoms with Gasteiger partial charge in [0.1, 0.15) is 0 Å². The van der Waals surface area contributed by atoms with Gasteiger partial charge in [0.05, 0.1) is 4.92 Å². The number of carbonyl (C=O) groups is 1. The Morgan fingerprint density at radius 3 is 2.57 bits per heavy atom. The fourth-order valence-corrected chi connectivity index (χ4v) is 3.76. The Labute approximate surface area is 175 Å². The van der Waals surface area contributed by atoms with Crippen LogP contribution in [0.4, 0.5) is 11.4 Å². The summed E-state index contributed by atoms with van der Waals surface area (Å²) in [6.07, 6.45) is 0.449. The molecule has 6 heteroatoms. The second-order valence-electron chi connectivity index (χ2n) is 7.57. The third-order valence-corrected chi connectivity index (χ3v) is 5.41. The molecule has 1 N–H and O–H groups in total. The van der Waals surface area contributed by atoms with E-state index in [2.05, 4.69) is 29.6 Å². The lowest BCUT2D eigenvalue weighted by molar-refractivity contribution is -0.384. The molecule has 1 aliphatic heterocycles. The van der Waals surface area contributed by atoms with E-state index in [-0.39, 0.29) is 16.5 Å². The van der Waals surface area contributed by atoms with Crippen LogP contribution in [0.1, 0.15) is 32.6 Å². The maximum Gasteiger partial charge on any atom is 0.269 e. The van der Waals surface area contributed by atoms with Crippen molar-refractivity contribution < 1.29 is 9.72 Å². The highest BCUT2D eigenvalue weighted by Crippen LogP contribution is 2.27. The molecule has 3 aromatic rings. The van der Waals surface area contributed by atoms with Gasteiger partial charge in [-0.1, -0.05) is 48.0 Å². The number of amides is 1. The largest absolute Gasteiger partial charge is 0.383 e. The van der Waals surface area contributed by atoms with E-state index in [0.717, 1.165) is 22.4 Å². The summed E-state index contributed by atoms with van der Waals surface area (Å²) in [7, 11) is 0. The second-order valence-corrected chi connectivity index (χ2v) is 7.57. The number of aryl methyl sites for hydroxylation is 1. The normalized spacial score (nSPS) is 13.8. The predicted molar refractivity (Wildman–Crippen MR) is 117 cm³/mol. The molecule has 0 aliphatic carbocycles. The van der Waals surface area contributed by atoms with Crippen molar-refractivity contribution in [1.82, 2.24) is 4.90 Å². The number of carbonyl (C=O) groups excluding carboxylic acids is 1. The summed E-state index contributed by atoms with van der Waals surface area (Å²) in [5.41, 5.74) is 5.50. The van der Waals surface area contributed by atoms with E-state index in [1.807, 2.05) is 36.1 Å². The lowest BCUT2D eigenvalue weighted by Gasteiger charge is -2.26. The van der Waals surface area contributed by atoms with Crippen molar-refractivity contribution in [3.05, 3.63) is 105 Å². The first kappa shape index (κ1) is 19.6. The van der Waals surface area contributed by atoms with Gasteiger partial charge in [-0.25, -0.2) is 0 Å². The minimum absolute atomic E-state index is 0.0261. The van der Waals surface area contributed by atoms with E-state index in [4.69, 9.17) is 0 Å². The van der Waals surface area contributed by atoms with Crippen molar-refractivity contribution >= 4 is 17.3 Å². The molecule has 3 aromatic carbocycles. The van der Waals surface area contributed by atoms with Crippen LogP contribution in [0.25, 0.3) is 0 Å². The zero-order valence-electron chi connectivity index (χ0n) is 16.8. The summed E-state index contributed by atoms with van der Waals surface area (Å²) >= 11 is 0. The summed E-state index contributed by atoms with van der Waals surface area (Å²) in [4.78, 5) is 26.1. The minimum Gasteiger partial charge on any atom is -0.383 e. The molecule has 0 unspecified atom stereocenters. The second kappa shape index (κ2) is 8.37. The fourth-order valence-electron chi connectivity index (χ4n) is 3.76. The number of benzene rings is 3. The van der Waals surface area contributed by atoms with Crippen LogP contribution in [-0.4, -0.2) is 28.8 Å². The van der Waals surface area contributed by atoms with Crippen LogP contribution in [0.15, 0.2) is 66.7 Å². The van der Waals surface area contributed by atoms with Crippen LogP contribution in [0.3, 0.4) is 0 Å². The fraction of sp³-hybridized carbons (Fsp3) is 0.208. The summed E-state index contributed by atoms with van der Waals surface area (Å²) in [6, 6.07) is 20.6. The Bertz CT molecular complexity index is 1090. The number of non-ortho nitro benzene ring substituents is 1. The Morgan fingerprint density at radius 2 is 1.80 bits per heavy atom. The van der Waals surface area contributed by atoms with Gasteiger partial charge in [-0.3, -0.25) is 14.9 Å². The van der Waals surface area contributed by atoms with Crippen molar-refractivity contribution in [2.24, 2.45) is 0 Å². The first-order valence-electron chi connectivity index (χ1n) is 9.95. The minimum atomic E-state index is -0.389. The molecule has 0 fully saturated rings. The number of nitro groups is 1. The van der Waals surface area contributed by atoms with E-state index < -0.39 is 0 Å². The van der Waals surface area contributed by atoms with Gasteiger partial charge in [-0.15, -0.1) is 0 Å². The zero-order chi connectivity index (χ0) is 21.1. The van der Waals surface area contributed by atoms with Crippen LogP contribution < -0.4 is 5.32 Å². The molecule has 152 valence electrons. The Balaban J connectivity index is 1.70. The lowest BCUT2D eigenvalue weighted by Crippen LogP contribution is -2.35. The molecule has 30 heavy (non-hydrogen) atoms. The average Bonchev–Trinajstić information content (AvgIpc) is 2.75. The van der Waals surface area contributed by atoms with Gasteiger partial charge >= 0.3 is 0 Å². The predicted octanol–water partition coefficient (Wildman–Crippen LogP) is 4.56. The molecule has 6 nitrogen and oxygen atoms in total. The van der Waals surface area contributed by atoms with E-state index in [1.165, 1.54) is 11.6 Å². The molecule has 4 rings (SSSR count). The number of fused-ring (bicyclic) bond motifs is 2. The van der Waals surface area contributed by atoms with E-state index in [1.54, 1.807) is 12.1 Å². The number of hydrogen-bond acceptors (Lipinski definition) is 4. The molecule has 0 spiro atoms. The van der Waals surface area contributed by atoms with E-state index in [0.29, 0.717) is 31.6 Å². The zero-order valence-corrected chi connectivity index (χ0v) is 16.8. The molecule has 0 atom stereocenters. The molecule has 0 saturated carbocycles. The van der Waals surface area contributed by atoms with Gasteiger partial charge in [0.25, 0.3) is 11.6 Å². The molecule has 1 aliphatic rings. The van der Waals surface area contributed by atoms with E-state index in [9.17, 15) is 14.9 Å². The summed E-state index contributed by atoms with van der Waals surface area (Å²) in [5, 5.41) is 14.6. The van der Waals surface area contributed by atoms with Crippen molar-refractivity contribution in [2.45, 2.75) is 19.9 Å². The molecule has 0 saturated heterocycles. The first-order valence-corrected chi connectivity index (χ1v) is 9.95. The lowest BCUT2D eigenvalue weighted by atomic mass is 9.96. The average molecular weight is 401 g/mol. The highest BCUT2D eigenvalue weighted by Gasteiger charge is 2.22. The summed E-state index contributed by atoms with van der Waals surface area (Å²) in [5.74, 6) is -0.0261. The number of nitrogens with one attached hydrogen (secondary N) is 1. The number of rotatable bonds is 3. The van der Waals surface area contributed by atoms with Crippen molar-refractivity contribution in [2.75, 3.05) is 18.4 Å². The monoisotopic (exact) mass is 401 g/mol. The molecular formula is C24H23N3O3. The van der Waals surface area contributed by atoms with Crippen LogP contribution in [0.2, 0.25) is 0 Å². The van der Waals surface area contributed by atoms with Crippen LogP contribution in [0, 0.1) is 17.0 Å². The van der Waals surface area contributed by atoms with Crippen molar-refractivity contribution in [3.63, 3.8) is 0 Å². The first-order chi connectivity index (χ1) is 14.5. The molecule has 0 bridgehead atoms. The molecule has 1 amide bonds. The smallest absolute Gasteiger partial charge is 0.269 e. The quantitative estimate of drug-likeness (QED) is 0.516. The maximum absolute atomic E-state index is 13.4. The highest BCUT2D eigenvalue weighted by atomic mass is 16.6. The molecular weight excluding hydrogens is 378 g/mol. The van der Waals surface area contributed by atoms with Crippen molar-refractivity contribution in [1.29, 1.82) is 0 Å². The number of nitro benzene ring substituents is 1. The van der Waals surface area contributed by atoms with Gasteiger partial charge in [0.15, 0.2) is 0 Å². The molecule has 1 heterocycles. The summed E-state index contributed by atoms with van der Waals surface area (Å²) < 4.78 is 0. The highest BCUT2D eigenvalue weighted by molar-refractivity contribution is 5.96. The van der Waals surface area contributed by atoms with Crippen LogP contribution >= 0.6 is 0 Å². The number of nitrogens with zero attached hydrogens (tertiary/aromatic N) is 2. The third kappa shape index (κ3) is 4.17. The van der Waals surface area contributed by atoms with Gasteiger partial charge in [-0.05, 0) is 35.7 Å². The van der Waals surface area contributed by atoms with Gasteiger partial charge in [0.2, 0.25) is 0 Å². The Kier molecular flexibility index (Phi) is 5.48. The van der Waals surface area contributed by atoms with Gasteiger partial charge in [-0.2, -0.15) is 0 Å². The SMILES string of the molecule is Cc1ccc(CN2CCNc3ccc([N+](=O)[O-])cc3Cc3ccccc3C2=O)cc1. The van der Waals surface area contributed by atoms with Crippen LogP contribution in [0.5, 0.6) is 0 Å². The van der Waals surface area contributed by atoms with Gasteiger partial charge < -0.3 is 10.2 Å². The van der Waals surface area contributed by atoms with Crippen molar-refractivity contribution in [3.8, 4) is 0 Å². The topological polar surface area (TPSA) is 75.5 Å². The maximum atomic E-state index is 13.4. The number of hydrogen-bond donors (Lipinski definition) is 1. The molecule has 0 aromatic heterocycles. The standard InChI is InChI=1S/C24H23N3O3/c1-17-6-8-18(9-7-17)16-26-13-12-25-23-11-10-21(27(29)30)15-20(23)14-19-4-2-3-5-22(19)24(26)28/h2-11,15,25H,12-14,16H2,1H3. The third-order valence-electron chi connectivity index (χ3n) is 5.41. The molecule has 0 radical (unpaired) electrons. The van der Waals surface area contributed by atoms with Gasteiger partial charge in [0, 0.05) is 49.4 Å². The van der Waals surface area contributed by atoms with E-state index >= 15 is 0 Å². The summed E-state index contributed by atoms with van der Waals surface area (Å²) in [6.45, 7) is 3.66. The Hall–Kier alpha value is -3.67. The number of anilines is 1.